The minimum absolute atomic E-state index is 0.463. The molecule has 2 nitrogen and oxygen atoms in total. The van der Waals surface area contributed by atoms with Crippen molar-refractivity contribution in [3.8, 4) is 0 Å². The first-order valence-electron chi connectivity index (χ1n) is 1.50. The van der Waals surface area contributed by atoms with E-state index in [1.165, 1.54) is 6.54 Å². The summed E-state index contributed by atoms with van der Waals surface area (Å²) in [6.07, 6.45) is -0.463. The average Bonchev–Trinajstić information content (AvgIpc) is 1.38. The molecule has 0 saturated heterocycles. The van der Waals surface area contributed by atoms with Gasteiger partial charge in [0.1, 0.15) is 0 Å². The van der Waals surface area contributed by atoms with Crippen LogP contribution in [0.1, 0.15) is 6.92 Å². The quantitative estimate of drug-likeness (QED) is 0.440. The van der Waals surface area contributed by atoms with Gasteiger partial charge >= 0.3 is 0 Å². The Hall–Kier alpha value is -0.0800. The lowest BCUT2D eigenvalue weighted by molar-refractivity contribution is 0.226. The van der Waals surface area contributed by atoms with Gasteiger partial charge in [0.25, 0.3) is 0 Å². The first-order chi connectivity index (χ1) is 2.27. The average molecular weight is 74.1 g/mol. The highest BCUT2D eigenvalue weighted by molar-refractivity contribution is 4.58. The molecule has 1 atom stereocenters. The van der Waals surface area contributed by atoms with Crippen molar-refractivity contribution < 1.29 is 5.11 Å². The van der Waals surface area contributed by atoms with Crippen molar-refractivity contribution in [2.45, 2.75) is 13.0 Å². The third-order valence-corrected chi connectivity index (χ3v) is 0.279. The molecule has 0 unspecified atom stereocenters. The molecule has 0 aliphatic heterocycles. The number of aliphatic hydroxyl groups is 1. The lowest BCUT2D eigenvalue weighted by Gasteiger charge is -1.90. The van der Waals surface area contributed by atoms with Crippen molar-refractivity contribution in [1.82, 2.24) is 0 Å². The van der Waals surface area contributed by atoms with Gasteiger partial charge in [0.2, 0.25) is 0 Å². The van der Waals surface area contributed by atoms with Gasteiger partial charge in [-0.25, -0.2) is 0 Å². The van der Waals surface area contributed by atoms with Crippen LogP contribution in [0.2, 0.25) is 0 Å². The van der Waals surface area contributed by atoms with Crippen LogP contribution < -0.4 is 5.73 Å². The fraction of sp³-hybridized carbons (Fsp3) is 0.667. The van der Waals surface area contributed by atoms with Crippen LogP contribution in [-0.2, 0) is 0 Å². The molecule has 3 N–H and O–H groups in total. The van der Waals surface area contributed by atoms with Crippen LogP contribution in [0, 0.1) is 6.54 Å². The van der Waals surface area contributed by atoms with Gasteiger partial charge in [0, 0.05) is 6.54 Å². The Morgan fingerprint density at radius 1 is 2.00 bits per heavy atom. The highest BCUT2D eigenvalue weighted by Gasteiger charge is 1.82. The van der Waals surface area contributed by atoms with Crippen LogP contribution in [0.15, 0.2) is 0 Å². The molecular weight excluding hydrogens is 66.0 g/mol. The number of rotatable bonds is 1. The summed E-state index contributed by atoms with van der Waals surface area (Å²) in [5.74, 6) is 0. The highest BCUT2D eigenvalue weighted by Crippen LogP contribution is 1.72. The summed E-state index contributed by atoms with van der Waals surface area (Å²) in [5.41, 5.74) is 4.80. The molecule has 0 aliphatic carbocycles. The molecule has 1 radical (unpaired) electrons. The summed E-state index contributed by atoms with van der Waals surface area (Å²) >= 11 is 0. The lowest BCUT2D eigenvalue weighted by Crippen LogP contribution is -2.06. The summed E-state index contributed by atoms with van der Waals surface area (Å²) < 4.78 is 0. The summed E-state index contributed by atoms with van der Waals surface area (Å²) in [6.45, 7) is 2.82. The van der Waals surface area contributed by atoms with E-state index in [4.69, 9.17) is 10.8 Å². The smallest absolute Gasteiger partial charge is 0.0679 e. The zero-order valence-corrected chi connectivity index (χ0v) is 3.18. The first kappa shape index (κ1) is 4.92. The molecule has 0 bridgehead atoms. The normalized spacial score (nSPS) is 15.0. The maximum atomic E-state index is 8.18. The summed E-state index contributed by atoms with van der Waals surface area (Å²) in [4.78, 5) is 0. The molecule has 0 spiro atoms. The van der Waals surface area contributed by atoms with Crippen molar-refractivity contribution in [3.05, 3.63) is 6.54 Å². The Balaban J connectivity index is 2.54. The molecule has 0 fully saturated rings. The van der Waals surface area contributed by atoms with Crippen molar-refractivity contribution in [3.63, 3.8) is 0 Å². The van der Waals surface area contributed by atoms with Gasteiger partial charge in [-0.05, 0) is 6.92 Å². The molecule has 0 aliphatic rings. The first-order valence-corrected chi connectivity index (χ1v) is 1.50. The van der Waals surface area contributed by atoms with E-state index in [1.807, 2.05) is 0 Å². The van der Waals surface area contributed by atoms with E-state index in [2.05, 4.69) is 0 Å². The molecular formula is C3H8NO. The van der Waals surface area contributed by atoms with Crippen LogP contribution in [0.4, 0.5) is 0 Å². The monoisotopic (exact) mass is 74.1 g/mol. The van der Waals surface area contributed by atoms with Crippen molar-refractivity contribution >= 4 is 0 Å². The van der Waals surface area contributed by atoms with Crippen LogP contribution in [0.3, 0.4) is 0 Å². The maximum absolute atomic E-state index is 8.18. The second-order valence-corrected chi connectivity index (χ2v) is 0.933. The van der Waals surface area contributed by atoms with Gasteiger partial charge in [0.15, 0.2) is 0 Å². The molecule has 0 rings (SSSR count). The Morgan fingerprint density at radius 2 is 2.20 bits per heavy atom. The van der Waals surface area contributed by atoms with E-state index in [1.54, 1.807) is 6.92 Å². The Bertz CT molecular complexity index is 20.9. The topological polar surface area (TPSA) is 46.2 Å². The molecule has 0 saturated carbocycles. The predicted molar refractivity (Wildman–Crippen MR) is 20.2 cm³/mol. The van der Waals surface area contributed by atoms with Gasteiger partial charge in [-0.1, -0.05) is 0 Å². The van der Waals surface area contributed by atoms with Crippen LogP contribution in [0.5, 0.6) is 0 Å². The van der Waals surface area contributed by atoms with Gasteiger partial charge in [-0.3, -0.25) is 0 Å². The van der Waals surface area contributed by atoms with E-state index in [-0.39, 0.29) is 0 Å². The zero-order chi connectivity index (χ0) is 4.28. The fourth-order valence-corrected chi connectivity index (χ4v) is 0. The SMILES string of the molecule is C[C@@H](O)[CH]N. The molecule has 5 heavy (non-hydrogen) atoms. The molecule has 0 aromatic rings. The van der Waals surface area contributed by atoms with E-state index >= 15 is 0 Å². The largest absolute Gasteiger partial charge is 0.392 e. The van der Waals surface area contributed by atoms with Crippen molar-refractivity contribution in [2.24, 2.45) is 5.73 Å². The molecule has 31 valence electrons. The van der Waals surface area contributed by atoms with Gasteiger partial charge in [-0.2, -0.15) is 0 Å². The van der Waals surface area contributed by atoms with E-state index in [9.17, 15) is 0 Å². The van der Waals surface area contributed by atoms with Crippen LogP contribution >= 0.6 is 0 Å². The number of hydrogen-bond acceptors (Lipinski definition) is 2. The van der Waals surface area contributed by atoms with Gasteiger partial charge < -0.3 is 10.8 Å². The Kier molecular flexibility index (Phi) is 2.14. The maximum Gasteiger partial charge on any atom is 0.0679 e. The fourth-order valence-electron chi connectivity index (χ4n) is 0. The standard InChI is InChI=1S/C3H8NO/c1-3(5)2-4/h2-3,5H,4H2,1H3/t3-/m1/s1. The molecule has 0 aromatic carbocycles. The van der Waals surface area contributed by atoms with E-state index in [0.29, 0.717) is 0 Å². The zero-order valence-electron chi connectivity index (χ0n) is 3.18. The highest BCUT2D eigenvalue weighted by atomic mass is 16.3. The molecule has 2 heteroatoms. The third kappa shape index (κ3) is 3.92. The predicted octanol–water partition coefficient (Wildman–Crippen LogP) is -0.512. The second kappa shape index (κ2) is 2.18. The summed E-state index contributed by atoms with van der Waals surface area (Å²) in [6, 6.07) is 0. The van der Waals surface area contributed by atoms with E-state index in [0.717, 1.165) is 0 Å². The van der Waals surface area contributed by atoms with Crippen molar-refractivity contribution in [2.75, 3.05) is 0 Å². The number of hydrogen-bond donors (Lipinski definition) is 2. The minimum Gasteiger partial charge on any atom is -0.392 e. The minimum atomic E-state index is -0.463. The van der Waals surface area contributed by atoms with Crippen LogP contribution in [0.25, 0.3) is 0 Å². The van der Waals surface area contributed by atoms with Gasteiger partial charge in [-0.15, -0.1) is 0 Å². The van der Waals surface area contributed by atoms with Gasteiger partial charge in [0.05, 0.1) is 6.10 Å². The number of nitrogens with two attached hydrogens (primary N) is 1. The van der Waals surface area contributed by atoms with Crippen LogP contribution in [-0.4, -0.2) is 11.2 Å². The molecule has 0 aromatic heterocycles. The third-order valence-electron chi connectivity index (χ3n) is 0.279. The summed E-state index contributed by atoms with van der Waals surface area (Å²) in [5, 5.41) is 8.18. The lowest BCUT2D eigenvalue weighted by atomic mass is 10.4. The Labute approximate surface area is 31.6 Å². The van der Waals surface area contributed by atoms with E-state index < -0.39 is 6.10 Å². The second-order valence-electron chi connectivity index (χ2n) is 0.933. The Morgan fingerprint density at radius 3 is 2.20 bits per heavy atom. The number of aliphatic hydroxyl groups excluding tert-OH is 1. The van der Waals surface area contributed by atoms with Crippen molar-refractivity contribution in [1.29, 1.82) is 0 Å². The summed E-state index contributed by atoms with van der Waals surface area (Å²) in [7, 11) is 0. The molecule has 0 amide bonds. The molecule has 0 heterocycles.